The van der Waals surface area contributed by atoms with Crippen LogP contribution in [-0.2, 0) is 13.0 Å². The second-order valence-corrected chi connectivity index (χ2v) is 5.41. The average molecular weight is 283 g/mol. The van der Waals surface area contributed by atoms with Gasteiger partial charge in [-0.25, -0.2) is 0 Å². The minimum atomic E-state index is 0.519. The van der Waals surface area contributed by atoms with Crippen LogP contribution < -0.4 is 14.8 Å². The predicted octanol–water partition coefficient (Wildman–Crippen LogP) is 3.13. The van der Waals surface area contributed by atoms with Gasteiger partial charge in [0.15, 0.2) is 0 Å². The maximum Gasteiger partial charge on any atom is 0.124 e. The van der Waals surface area contributed by atoms with Crippen LogP contribution in [0.4, 0.5) is 0 Å². The zero-order valence-corrected chi connectivity index (χ0v) is 12.6. The van der Waals surface area contributed by atoms with Crippen molar-refractivity contribution in [2.24, 2.45) is 0 Å². The van der Waals surface area contributed by atoms with Crippen LogP contribution in [0, 0.1) is 0 Å². The topological polar surface area (TPSA) is 30.5 Å². The lowest BCUT2D eigenvalue weighted by Crippen LogP contribution is -2.23. The van der Waals surface area contributed by atoms with Gasteiger partial charge in [-0.05, 0) is 42.8 Å². The molecular weight excluding hydrogens is 262 g/mol. The van der Waals surface area contributed by atoms with Crippen molar-refractivity contribution in [2.75, 3.05) is 20.8 Å². The van der Waals surface area contributed by atoms with E-state index < -0.39 is 0 Å². The molecule has 0 bridgehead atoms. The molecule has 0 radical (unpaired) electrons. The maximum atomic E-state index is 6.05. The molecule has 21 heavy (non-hydrogen) atoms. The van der Waals surface area contributed by atoms with Crippen LogP contribution in [0.5, 0.6) is 11.5 Å². The predicted molar refractivity (Wildman–Crippen MR) is 84.1 cm³/mol. The number of hydrogen-bond donors (Lipinski definition) is 1. The molecule has 0 spiro atoms. The summed E-state index contributed by atoms with van der Waals surface area (Å²) in [6.45, 7) is 1.51. The molecule has 1 unspecified atom stereocenters. The van der Waals surface area contributed by atoms with Gasteiger partial charge in [-0.3, -0.25) is 0 Å². The summed E-state index contributed by atoms with van der Waals surface area (Å²) in [5.74, 6) is 2.32. The summed E-state index contributed by atoms with van der Waals surface area (Å²) in [6.07, 6.45) is 1.12. The normalized spacial score (nSPS) is 16.0. The molecule has 0 amide bonds. The van der Waals surface area contributed by atoms with E-state index in [0.717, 1.165) is 36.6 Å². The van der Waals surface area contributed by atoms with Crippen molar-refractivity contribution in [3.05, 3.63) is 59.2 Å². The van der Waals surface area contributed by atoms with E-state index in [1.807, 2.05) is 25.2 Å². The van der Waals surface area contributed by atoms with Crippen molar-refractivity contribution in [1.82, 2.24) is 5.32 Å². The van der Waals surface area contributed by atoms with Gasteiger partial charge in [0.25, 0.3) is 0 Å². The van der Waals surface area contributed by atoms with Gasteiger partial charge < -0.3 is 14.8 Å². The van der Waals surface area contributed by atoms with Crippen LogP contribution in [0.2, 0.25) is 0 Å². The number of nitrogens with one attached hydrogen (secondary N) is 1. The molecule has 3 rings (SSSR count). The highest BCUT2D eigenvalue weighted by Crippen LogP contribution is 2.35. The second-order valence-electron chi connectivity index (χ2n) is 5.41. The smallest absolute Gasteiger partial charge is 0.124 e. The summed E-state index contributed by atoms with van der Waals surface area (Å²) in [6, 6.07) is 14.6. The van der Waals surface area contributed by atoms with Gasteiger partial charge in [-0.2, -0.15) is 0 Å². The van der Waals surface area contributed by atoms with Gasteiger partial charge in [0.05, 0.1) is 13.7 Å². The molecule has 0 aliphatic heterocycles. The van der Waals surface area contributed by atoms with E-state index in [1.54, 1.807) is 7.11 Å². The number of fused-ring (bicyclic) bond motifs is 1. The van der Waals surface area contributed by atoms with E-state index in [1.165, 1.54) is 11.1 Å². The van der Waals surface area contributed by atoms with Crippen molar-refractivity contribution in [2.45, 2.75) is 18.9 Å². The van der Waals surface area contributed by atoms with Crippen LogP contribution >= 0.6 is 0 Å². The Hall–Kier alpha value is -2.00. The molecule has 1 atom stereocenters. The van der Waals surface area contributed by atoms with E-state index in [0.29, 0.717) is 5.92 Å². The molecule has 3 nitrogen and oxygen atoms in total. The number of benzene rings is 2. The largest absolute Gasteiger partial charge is 0.497 e. The molecule has 110 valence electrons. The Kier molecular flexibility index (Phi) is 4.11. The first kappa shape index (κ1) is 14.0. The quantitative estimate of drug-likeness (QED) is 0.883. The second kappa shape index (κ2) is 6.19. The number of methoxy groups -OCH3 is 1. The summed E-state index contributed by atoms with van der Waals surface area (Å²) in [5, 5.41) is 3.17. The summed E-state index contributed by atoms with van der Waals surface area (Å²) >= 11 is 0. The van der Waals surface area contributed by atoms with Crippen LogP contribution in [0.15, 0.2) is 42.5 Å². The monoisotopic (exact) mass is 283 g/mol. The molecule has 0 aromatic heterocycles. The zero-order chi connectivity index (χ0) is 14.7. The standard InChI is InChI=1S/C18H21NO2/c1-19-11-14-10-16(20-2)7-8-18(14)21-12-15-9-13-5-3-4-6-17(13)15/h3-8,10,15,19H,9,11-12H2,1-2H3. The van der Waals surface area contributed by atoms with Crippen molar-refractivity contribution in [3.8, 4) is 11.5 Å². The number of hydrogen-bond acceptors (Lipinski definition) is 3. The fourth-order valence-electron chi connectivity index (χ4n) is 2.85. The van der Waals surface area contributed by atoms with E-state index in [4.69, 9.17) is 9.47 Å². The van der Waals surface area contributed by atoms with Gasteiger partial charge in [0, 0.05) is 18.0 Å². The molecule has 0 fully saturated rings. The Bertz CT molecular complexity index is 624. The minimum Gasteiger partial charge on any atom is -0.497 e. The molecule has 0 saturated heterocycles. The first-order valence-electron chi connectivity index (χ1n) is 7.34. The van der Waals surface area contributed by atoms with Crippen LogP contribution in [0.1, 0.15) is 22.6 Å². The van der Waals surface area contributed by atoms with Crippen LogP contribution in [0.3, 0.4) is 0 Å². The summed E-state index contributed by atoms with van der Waals surface area (Å²) < 4.78 is 11.3. The molecule has 3 heteroatoms. The van der Waals surface area contributed by atoms with Gasteiger partial charge in [0.1, 0.15) is 11.5 Å². The minimum absolute atomic E-state index is 0.519. The zero-order valence-electron chi connectivity index (χ0n) is 12.6. The van der Waals surface area contributed by atoms with Crippen molar-refractivity contribution in [1.29, 1.82) is 0 Å². The van der Waals surface area contributed by atoms with Crippen molar-refractivity contribution >= 4 is 0 Å². The van der Waals surface area contributed by atoms with Gasteiger partial charge in [0.2, 0.25) is 0 Å². The molecule has 1 aliphatic carbocycles. The number of rotatable bonds is 6. The van der Waals surface area contributed by atoms with E-state index in [9.17, 15) is 0 Å². The molecule has 1 N–H and O–H groups in total. The van der Waals surface area contributed by atoms with E-state index in [2.05, 4.69) is 29.6 Å². The van der Waals surface area contributed by atoms with E-state index in [-0.39, 0.29) is 0 Å². The third-order valence-corrected chi connectivity index (χ3v) is 4.04. The van der Waals surface area contributed by atoms with Crippen LogP contribution in [0.25, 0.3) is 0 Å². The highest BCUT2D eigenvalue weighted by atomic mass is 16.5. The fourth-order valence-corrected chi connectivity index (χ4v) is 2.85. The molecule has 2 aromatic carbocycles. The van der Waals surface area contributed by atoms with Gasteiger partial charge in [-0.15, -0.1) is 0 Å². The summed E-state index contributed by atoms with van der Waals surface area (Å²) in [5.41, 5.74) is 4.02. The lowest BCUT2D eigenvalue weighted by Gasteiger charge is -2.30. The SMILES string of the molecule is CNCc1cc(OC)ccc1OCC1Cc2ccccc21. The highest BCUT2D eigenvalue weighted by Gasteiger charge is 2.26. The first-order chi connectivity index (χ1) is 10.3. The lowest BCUT2D eigenvalue weighted by molar-refractivity contribution is 0.272. The third-order valence-electron chi connectivity index (χ3n) is 4.04. The molecule has 0 saturated carbocycles. The third kappa shape index (κ3) is 2.88. The number of ether oxygens (including phenoxy) is 2. The molecular formula is C18H21NO2. The molecule has 1 aliphatic rings. The van der Waals surface area contributed by atoms with Gasteiger partial charge >= 0.3 is 0 Å². The Balaban J connectivity index is 1.68. The van der Waals surface area contributed by atoms with Crippen molar-refractivity contribution in [3.63, 3.8) is 0 Å². The van der Waals surface area contributed by atoms with Gasteiger partial charge in [-0.1, -0.05) is 24.3 Å². The summed E-state index contributed by atoms with van der Waals surface area (Å²) in [7, 11) is 3.62. The first-order valence-corrected chi connectivity index (χ1v) is 7.34. The Morgan fingerprint density at radius 2 is 2.05 bits per heavy atom. The van der Waals surface area contributed by atoms with Crippen molar-refractivity contribution < 1.29 is 9.47 Å². The summed E-state index contributed by atoms with van der Waals surface area (Å²) in [4.78, 5) is 0. The lowest BCUT2D eigenvalue weighted by atomic mass is 9.78. The highest BCUT2D eigenvalue weighted by molar-refractivity contribution is 5.42. The Morgan fingerprint density at radius 3 is 2.81 bits per heavy atom. The average Bonchev–Trinajstić information content (AvgIpc) is 2.49. The van der Waals surface area contributed by atoms with Crippen LogP contribution in [-0.4, -0.2) is 20.8 Å². The maximum absolute atomic E-state index is 6.05. The Labute approximate surface area is 125 Å². The Morgan fingerprint density at radius 1 is 1.19 bits per heavy atom. The fraction of sp³-hybridized carbons (Fsp3) is 0.333. The van der Waals surface area contributed by atoms with E-state index >= 15 is 0 Å². The molecule has 2 aromatic rings. The molecule has 0 heterocycles.